The third kappa shape index (κ3) is 1.73. The van der Waals surface area contributed by atoms with Gasteiger partial charge in [0.1, 0.15) is 5.69 Å². The highest BCUT2D eigenvalue weighted by molar-refractivity contribution is 5.32. The molecule has 2 rings (SSSR count). The zero-order valence-corrected chi connectivity index (χ0v) is 10.1. The van der Waals surface area contributed by atoms with E-state index in [9.17, 15) is 8.78 Å². The monoisotopic (exact) mass is 229 g/mol. The molecule has 0 bridgehead atoms. The first kappa shape index (κ1) is 11.5. The van der Waals surface area contributed by atoms with E-state index in [2.05, 4.69) is 5.10 Å². The van der Waals surface area contributed by atoms with Crippen LogP contribution in [-0.2, 0) is 19.0 Å². The molecule has 0 spiro atoms. The predicted octanol–water partition coefficient (Wildman–Crippen LogP) is 2.52. The Kier molecular flexibility index (Phi) is 2.53. The second-order valence-corrected chi connectivity index (χ2v) is 4.87. The molecule has 0 unspecified atom stereocenters. The van der Waals surface area contributed by atoms with Crippen molar-refractivity contribution in [3.8, 4) is 0 Å². The number of halogens is 2. The Morgan fingerprint density at radius 2 is 1.94 bits per heavy atom. The van der Waals surface area contributed by atoms with Gasteiger partial charge in [-0.2, -0.15) is 13.9 Å². The van der Waals surface area contributed by atoms with Gasteiger partial charge in [0.15, 0.2) is 0 Å². The van der Waals surface area contributed by atoms with Gasteiger partial charge in [0.2, 0.25) is 0 Å². The van der Waals surface area contributed by atoms with Gasteiger partial charge in [0.25, 0.3) is 5.92 Å². The molecule has 1 aliphatic heterocycles. The van der Waals surface area contributed by atoms with Gasteiger partial charge in [-0.25, -0.2) is 0 Å². The van der Waals surface area contributed by atoms with Gasteiger partial charge in [-0.15, -0.1) is 0 Å². The van der Waals surface area contributed by atoms with Crippen LogP contribution in [0.3, 0.4) is 0 Å². The van der Waals surface area contributed by atoms with E-state index in [4.69, 9.17) is 0 Å². The Bertz CT molecular complexity index is 404. The van der Waals surface area contributed by atoms with Crippen molar-refractivity contribution in [2.24, 2.45) is 0 Å². The number of nitrogens with zero attached hydrogens (tertiary/aromatic N) is 3. The number of alkyl halides is 2. The molecule has 0 saturated heterocycles. The van der Waals surface area contributed by atoms with E-state index in [-0.39, 0.29) is 11.7 Å². The summed E-state index contributed by atoms with van der Waals surface area (Å²) >= 11 is 0. The van der Waals surface area contributed by atoms with E-state index < -0.39 is 5.92 Å². The Morgan fingerprint density at radius 3 is 2.44 bits per heavy atom. The van der Waals surface area contributed by atoms with E-state index in [0.29, 0.717) is 18.7 Å². The second kappa shape index (κ2) is 3.52. The first-order valence-corrected chi connectivity index (χ1v) is 5.47. The van der Waals surface area contributed by atoms with Crippen molar-refractivity contribution in [1.29, 1.82) is 0 Å². The normalized spacial score (nSPS) is 17.2. The van der Waals surface area contributed by atoms with Gasteiger partial charge in [0, 0.05) is 31.6 Å². The van der Waals surface area contributed by atoms with Gasteiger partial charge in [-0.05, 0) is 20.9 Å². The molecule has 0 aromatic carbocycles. The van der Waals surface area contributed by atoms with Crippen LogP contribution in [0.2, 0.25) is 0 Å². The van der Waals surface area contributed by atoms with Gasteiger partial charge >= 0.3 is 0 Å². The van der Waals surface area contributed by atoms with Crippen molar-refractivity contribution in [2.45, 2.75) is 45.8 Å². The molecule has 90 valence electrons. The van der Waals surface area contributed by atoms with Crippen LogP contribution in [0.1, 0.15) is 43.8 Å². The molecule has 1 aliphatic rings. The van der Waals surface area contributed by atoms with Gasteiger partial charge in [0.05, 0.1) is 5.69 Å². The van der Waals surface area contributed by atoms with Crippen LogP contribution >= 0.6 is 0 Å². The zero-order chi connectivity index (χ0) is 12.1. The minimum atomic E-state index is -2.85. The fourth-order valence-electron chi connectivity index (χ4n) is 2.20. The van der Waals surface area contributed by atoms with Crippen molar-refractivity contribution in [3.63, 3.8) is 0 Å². The smallest absolute Gasteiger partial charge is 0.289 e. The summed E-state index contributed by atoms with van der Waals surface area (Å²) in [7, 11) is 1.93. The van der Waals surface area contributed by atoms with E-state index in [1.165, 1.54) is 0 Å². The molecule has 5 heteroatoms. The maximum atomic E-state index is 13.4. The standard InChI is InChI=1S/C11H17F2N3/c1-7(2)16-9-6-15(4)5-8(9)10(14-16)11(3,12)13/h7H,5-6H2,1-4H3. The lowest BCUT2D eigenvalue weighted by atomic mass is 10.1. The molecule has 0 aliphatic carbocycles. The molecule has 0 N–H and O–H groups in total. The van der Waals surface area contributed by atoms with Crippen molar-refractivity contribution in [3.05, 3.63) is 17.0 Å². The molecule has 16 heavy (non-hydrogen) atoms. The number of fused-ring (bicyclic) bond motifs is 1. The molecule has 1 aromatic rings. The summed E-state index contributed by atoms with van der Waals surface area (Å²) in [6, 6.07) is 0.122. The predicted molar refractivity (Wildman–Crippen MR) is 57.4 cm³/mol. The molecule has 2 heterocycles. The summed E-state index contributed by atoms with van der Waals surface area (Å²) in [5.41, 5.74) is 1.60. The molecule has 0 fully saturated rings. The number of hydrogen-bond acceptors (Lipinski definition) is 2. The van der Waals surface area contributed by atoms with Gasteiger partial charge in [-0.1, -0.05) is 0 Å². The third-order valence-corrected chi connectivity index (χ3v) is 2.87. The van der Waals surface area contributed by atoms with Crippen LogP contribution in [0.4, 0.5) is 8.78 Å². The number of hydrogen-bond donors (Lipinski definition) is 0. The van der Waals surface area contributed by atoms with E-state index in [0.717, 1.165) is 12.6 Å². The largest absolute Gasteiger partial charge is 0.296 e. The Balaban J connectivity index is 2.54. The first-order chi connectivity index (χ1) is 7.30. The van der Waals surface area contributed by atoms with Crippen LogP contribution in [-0.4, -0.2) is 21.7 Å². The molecule has 0 radical (unpaired) electrons. The van der Waals surface area contributed by atoms with E-state index in [1.54, 1.807) is 4.68 Å². The van der Waals surface area contributed by atoms with Crippen LogP contribution < -0.4 is 0 Å². The van der Waals surface area contributed by atoms with E-state index >= 15 is 0 Å². The average Bonchev–Trinajstić information content (AvgIpc) is 2.57. The average molecular weight is 229 g/mol. The van der Waals surface area contributed by atoms with Crippen LogP contribution in [0.25, 0.3) is 0 Å². The van der Waals surface area contributed by atoms with E-state index in [1.807, 2.05) is 25.8 Å². The summed E-state index contributed by atoms with van der Waals surface area (Å²) in [6.45, 7) is 6.11. The van der Waals surface area contributed by atoms with Crippen LogP contribution in [0.15, 0.2) is 0 Å². The zero-order valence-electron chi connectivity index (χ0n) is 10.1. The fraction of sp³-hybridized carbons (Fsp3) is 0.727. The molecule has 0 amide bonds. The van der Waals surface area contributed by atoms with Gasteiger partial charge in [-0.3, -0.25) is 9.58 Å². The van der Waals surface area contributed by atoms with Crippen molar-refractivity contribution < 1.29 is 8.78 Å². The van der Waals surface area contributed by atoms with Crippen molar-refractivity contribution >= 4 is 0 Å². The quantitative estimate of drug-likeness (QED) is 0.777. The fourth-order valence-corrected chi connectivity index (χ4v) is 2.20. The molecule has 0 saturated carbocycles. The second-order valence-electron chi connectivity index (χ2n) is 4.87. The number of rotatable bonds is 2. The van der Waals surface area contributed by atoms with Crippen LogP contribution in [0, 0.1) is 0 Å². The summed E-state index contributed by atoms with van der Waals surface area (Å²) in [4.78, 5) is 2.03. The summed E-state index contributed by atoms with van der Waals surface area (Å²) in [6.07, 6.45) is 0. The molecule has 1 aromatic heterocycles. The maximum absolute atomic E-state index is 13.4. The number of aromatic nitrogens is 2. The molecule has 0 atom stereocenters. The Morgan fingerprint density at radius 1 is 1.31 bits per heavy atom. The first-order valence-electron chi connectivity index (χ1n) is 5.47. The highest BCUT2D eigenvalue weighted by Gasteiger charge is 2.37. The highest BCUT2D eigenvalue weighted by Crippen LogP contribution is 2.35. The van der Waals surface area contributed by atoms with Crippen molar-refractivity contribution in [2.75, 3.05) is 7.05 Å². The summed E-state index contributed by atoms with van der Waals surface area (Å²) in [5, 5.41) is 4.08. The Labute approximate surface area is 94.0 Å². The third-order valence-electron chi connectivity index (χ3n) is 2.87. The minimum Gasteiger partial charge on any atom is -0.296 e. The molecule has 3 nitrogen and oxygen atoms in total. The van der Waals surface area contributed by atoms with Crippen molar-refractivity contribution in [1.82, 2.24) is 14.7 Å². The summed E-state index contributed by atoms with van der Waals surface area (Å²) < 4.78 is 28.6. The Hall–Kier alpha value is -0.970. The molecular formula is C11H17F2N3. The lowest BCUT2D eigenvalue weighted by molar-refractivity contribution is 0.0106. The molecular weight excluding hydrogens is 212 g/mol. The minimum absolute atomic E-state index is 0.0550. The lowest BCUT2D eigenvalue weighted by Crippen LogP contribution is -2.17. The van der Waals surface area contributed by atoms with Gasteiger partial charge < -0.3 is 0 Å². The SMILES string of the molecule is CC(C)n1nc(C(C)(F)F)c2c1CN(C)C2. The summed E-state index contributed by atoms with van der Waals surface area (Å²) in [5.74, 6) is -2.85. The topological polar surface area (TPSA) is 21.1 Å². The lowest BCUT2D eigenvalue weighted by Gasteiger charge is -2.13. The van der Waals surface area contributed by atoms with Crippen LogP contribution in [0.5, 0.6) is 0 Å². The highest BCUT2D eigenvalue weighted by atomic mass is 19.3. The maximum Gasteiger partial charge on any atom is 0.289 e.